The zero-order chi connectivity index (χ0) is 15.2. The second kappa shape index (κ2) is 7.31. The highest BCUT2D eigenvalue weighted by Gasteiger charge is 2.33. The lowest BCUT2D eigenvalue weighted by Crippen LogP contribution is -2.32. The van der Waals surface area contributed by atoms with Crippen molar-refractivity contribution in [3.8, 4) is 5.75 Å². The Morgan fingerprint density at radius 3 is 2.62 bits per heavy atom. The number of amides is 1. The smallest absolute Gasteiger partial charge is 0.410 e. The van der Waals surface area contributed by atoms with Crippen molar-refractivity contribution in [2.24, 2.45) is 0 Å². The Bertz CT molecular complexity index is 458. The predicted molar refractivity (Wildman–Crippen MR) is 79.6 cm³/mol. The first-order valence-electron chi connectivity index (χ1n) is 7.28. The van der Waals surface area contributed by atoms with Crippen molar-refractivity contribution in [3.63, 3.8) is 0 Å². The topological polar surface area (TPSA) is 48.0 Å². The van der Waals surface area contributed by atoms with Gasteiger partial charge < -0.3 is 19.1 Å². The lowest BCUT2D eigenvalue weighted by Gasteiger charge is -2.16. The van der Waals surface area contributed by atoms with Crippen LogP contribution in [0.5, 0.6) is 5.75 Å². The van der Waals surface area contributed by atoms with E-state index in [4.69, 9.17) is 14.2 Å². The molecule has 116 valence electrons. The monoisotopic (exact) mass is 293 g/mol. The molecule has 1 aromatic carbocycles. The average Bonchev–Trinajstić information content (AvgIpc) is 2.85. The molecule has 1 atom stereocenters. The van der Waals surface area contributed by atoms with Crippen molar-refractivity contribution in [1.82, 2.24) is 4.90 Å². The number of hydrogen-bond acceptors (Lipinski definition) is 4. The van der Waals surface area contributed by atoms with Gasteiger partial charge in [0.1, 0.15) is 12.4 Å². The molecule has 1 amide bonds. The molecule has 0 aliphatic carbocycles. The summed E-state index contributed by atoms with van der Waals surface area (Å²) in [6.45, 7) is 5.63. The van der Waals surface area contributed by atoms with Crippen LogP contribution in [-0.4, -0.2) is 50.0 Å². The fourth-order valence-electron chi connectivity index (χ4n) is 2.21. The molecule has 0 N–H and O–H groups in total. The first-order valence-corrected chi connectivity index (χ1v) is 7.28. The Labute approximate surface area is 125 Å². The number of nitrogens with zero attached hydrogens (tertiary/aromatic N) is 1. The highest BCUT2D eigenvalue weighted by atomic mass is 16.6. The number of hydrogen-bond donors (Lipinski definition) is 0. The van der Waals surface area contributed by atoms with Gasteiger partial charge in [-0.05, 0) is 38.0 Å². The lowest BCUT2D eigenvalue weighted by molar-refractivity contribution is 0.102. The van der Waals surface area contributed by atoms with Gasteiger partial charge in [0.05, 0.1) is 13.2 Å². The van der Waals surface area contributed by atoms with E-state index in [1.165, 1.54) is 5.56 Å². The molecule has 0 aromatic heterocycles. The summed E-state index contributed by atoms with van der Waals surface area (Å²) in [5.74, 6) is 0.787. The van der Waals surface area contributed by atoms with E-state index in [9.17, 15) is 4.79 Å². The van der Waals surface area contributed by atoms with Gasteiger partial charge in [-0.1, -0.05) is 12.1 Å². The minimum Gasteiger partial charge on any atom is -0.490 e. The van der Waals surface area contributed by atoms with E-state index in [1.54, 1.807) is 12.0 Å². The molecule has 1 heterocycles. The first kappa shape index (κ1) is 15.6. The molecular formula is C16H23NO4. The number of carbonyl (C=O) groups excluding carboxylic acids is 1. The van der Waals surface area contributed by atoms with Gasteiger partial charge in [-0.2, -0.15) is 0 Å². The number of benzene rings is 1. The summed E-state index contributed by atoms with van der Waals surface area (Å²) in [7, 11) is 1.70. The minimum absolute atomic E-state index is 0.155. The van der Waals surface area contributed by atoms with Crippen LogP contribution in [0.25, 0.3) is 0 Å². The molecule has 0 radical (unpaired) electrons. The van der Waals surface area contributed by atoms with Crippen molar-refractivity contribution in [3.05, 3.63) is 29.8 Å². The van der Waals surface area contributed by atoms with Crippen LogP contribution in [0.1, 0.15) is 19.4 Å². The molecular weight excluding hydrogens is 270 g/mol. The Hall–Kier alpha value is -1.75. The van der Waals surface area contributed by atoms with Crippen molar-refractivity contribution in [1.29, 1.82) is 0 Å². The van der Waals surface area contributed by atoms with Gasteiger partial charge >= 0.3 is 6.09 Å². The lowest BCUT2D eigenvalue weighted by atomic mass is 10.1. The quantitative estimate of drug-likeness (QED) is 0.775. The fourth-order valence-corrected chi connectivity index (χ4v) is 2.21. The van der Waals surface area contributed by atoms with Crippen LogP contribution >= 0.6 is 0 Å². The summed E-state index contributed by atoms with van der Waals surface area (Å²) in [6.07, 6.45) is 0.432. The molecule has 0 bridgehead atoms. The summed E-state index contributed by atoms with van der Waals surface area (Å²) in [5.41, 5.74) is 1.21. The molecule has 1 aliphatic rings. The van der Waals surface area contributed by atoms with Gasteiger partial charge in [-0.15, -0.1) is 0 Å². The van der Waals surface area contributed by atoms with Gasteiger partial charge in [-0.25, -0.2) is 4.79 Å². The Morgan fingerprint density at radius 1 is 1.33 bits per heavy atom. The zero-order valence-electron chi connectivity index (χ0n) is 12.9. The van der Waals surface area contributed by atoms with Crippen LogP contribution in [0.15, 0.2) is 24.3 Å². The maximum absolute atomic E-state index is 11.6. The van der Waals surface area contributed by atoms with E-state index in [-0.39, 0.29) is 18.2 Å². The van der Waals surface area contributed by atoms with Gasteiger partial charge in [0, 0.05) is 13.2 Å². The van der Waals surface area contributed by atoms with Crippen molar-refractivity contribution >= 4 is 6.09 Å². The normalized spacial score (nSPS) is 18.2. The second-order valence-electron chi connectivity index (χ2n) is 5.45. The zero-order valence-corrected chi connectivity index (χ0v) is 12.9. The van der Waals surface area contributed by atoms with Crippen LogP contribution in [-0.2, 0) is 15.9 Å². The summed E-state index contributed by atoms with van der Waals surface area (Å²) in [5, 5.41) is 0. The fraction of sp³-hybridized carbons (Fsp3) is 0.562. The summed E-state index contributed by atoms with van der Waals surface area (Å²) in [6, 6.07) is 8.07. The molecule has 1 aliphatic heterocycles. The molecule has 1 fully saturated rings. The molecule has 5 heteroatoms. The number of ether oxygens (including phenoxy) is 3. The third-order valence-electron chi connectivity index (χ3n) is 3.48. The molecule has 0 spiro atoms. The summed E-state index contributed by atoms with van der Waals surface area (Å²) < 4.78 is 16.0. The summed E-state index contributed by atoms with van der Waals surface area (Å²) in [4.78, 5) is 13.3. The maximum atomic E-state index is 11.6. The largest absolute Gasteiger partial charge is 0.490 e. The van der Waals surface area contributed by atoms with Crippen LogP contribution in [0, 0.1) is 0 Å². The highest BCUT2D eigenvalue weighted by Crippen LogP contribution is 2.17. The third-order valence-corrected chi connectivity index (χ3v) is 3.48. The standard InChI is InChI=1S/C16H23NO4/c1-12(2)17-10-15(21-16(17)18)11-20-14-6-4-13(5-7-14)8-9-19-3/h4-7,12,15H,8-11H2,1-3H3/t15-/m0/s1. The molecule has 0 saturated carbocycles. The van der Waals surface area contributed by atoms with Gasteiger partial charge in [0.15, 0.2) is 6.10 Å². The van der Waals surface area contributed by atoms with E-state index in [0.717, 1.165) is 12.2 Å². The third kappa shape index (κ3) is 4.36. The van der Waals surface area contributed by atoms with Crippen molar-refractivity contribution in [2.75, 3.05) is 26.9 Å². The van der Waals surface area contributed by atoms with E-state index in [1.807, 2.05) is 38.1 Å². The molecule has 21 heavy (non-hydrogen) atoms. The van der Waals surface area contributed by atoms with Crippen LogP contribution in [0.4, 0.5) is 4.79 Å². The molecule has 2 rings (SSSR count). The van der Waals surface area contributed by atoms with Gasteiger partial charge in [0.2, 0.25) is 0 Å². The SMILES string of the molecule is COCCc1ccc(OC[C@@H]2CN(C(C)C)C(=O)O2)cc1. The van der Waals surface area contributed by atoms with Gasteiger partial charge in [-0.3, -0.25) is 0 Å². The van der Waals surface area contributed by atoms with Crippen LogP contribution < -0.4 is 4.74 Å². The second-order valence-corrected chi connectivity index (χ2v) is 5.45. The van der Waals surface area contributed by atoms with E-state index < -0.39 is 0 Å². The summed E-state index contributed by atoms with van der Waals surface area (Å²) >= 11 is 0. The van der Waals surface area contributed by atoms with Crippen molar-refractivity contribution < 1.29 is 19.0 Å². The van der Waals surface area contributed by atoms with Gasteiger partial charge in [0.25, 0.3) is 0 Å². The predicted octanol–water partition coefficient (Wildman–Crippen LogP) is 2.48. The number of carbonyl (C=O) groups is 1. The first-order chi connectivity index (χ1) is 10.1. The van der Waals surface area contributed by atoms with E-state index >= 15 is 0 Å². The molecule has 5 nitrogen and oxygen atoms in total. The van der Waals surface area contributed by atoms with Crippen molar-refractivity contribution in [2.45, 2.75) is 32.4 Å². The average molecular weight is 293 g/mol. The molecule has 1 aromatic rings. The highest BCUT2D eigenvalue weighted by molar-refractivity contribution is 5.70. The van der Waals surface area contributed by atoms with E-state index in [2.05, 4.69) is 0 Å². The number of methoxy groups -OCH3 is 1. The Morgan fingerprint density at radius 2 is 2.05 bits per heavy atom. The van der Waals surface area contributed by atoms with E-state index in [0.29, 0.717) is 19.8 Å². The van der Waals surface area contributed by atoms with Crippen LogP contribution in [0.2, 0.25) is 0 Å². The maximum Gasteiger partial charge on any atom is 0.410 e. The van der Waals surface area contributed by atoms with Crippen LogP contribution in [0.3, 0.4) is 0 Å². The Balaban J connectivity index is 1.79. The molecule has 0 unspecified atom stereocenters. The molecule has 1 saturated heterocycles. The number of cyclic esters (lactones) is 1. The number of rotatable bonds is 7. The Kier molecular flexibility index (Phi) is 5.44. The minimum atomic E-state index is -0.256.